The number of benzene rings is 2. The minimum Gasteiger partial charge on any atom is -0.481 e. The molecule has 184 valence electrons. The monoisotopic (exact) mass is 538 g/mol. The van der Waals surface area contributed by atoms with E-state index < -0.39 is 5.97 Å². The number of carboxylic acids is 1. The Bertz CT molecular complexity index is 879. The van der Waals surface area contributed by atoms with Crippen LogP contribution in [0.4, 0.5) is 4.39 Å². The van der Waals surface area contributed by atoms with Gasteiger partial charge in [0.1, 0.15) is 11.5 Å². The van der Waals surface area contributed by atoms with E-state index in [1.165, 1.54) is 19.0 Å². The van der Waals surface area contributed by atoms with Crippen molar-refractivity contribution >= 4 is 58.4 Å². The number of alkyl halides is 1. The predicted octanol–water partition coefficient (Wildman–Crippen LogP) is 4.78. The van der Waals surface area contributed by atoms with Crippen LogP contribution in [0, 0.1) is 0 Å². The second-order valence-electron chi connectivity index (χ2n) is 6.01. The SMILES string of the molecule is CF.CN.NC(=S)NSc1ccc(Oc2ccc(Cl)cc2CCCNCCC(=O)O)c(Cl)c1. The number of carboxylic acid groups (broad SMARTS) is 1. The summed E-state index contributed by atoms with van der Waals surface area (Å²) < 4.78 is 18.3. The number of halogens is 3. The Hall–Kier alpha value is -1.82. The molecule has 0 fully saturated rings. The lowest BCUT2D eigenvalue weighted by molar-refractivity contribution is -0.136. The zero-order chi connectivity index (χ0) is 25.2. The largest absolute Gasteiger partial charge is 0.481 e. The van der Waals surface area contributed by atoms with Gasteiger partial charge >= 0.3 is 5.97 Å². The van der Waals surface area contributed by atoms with Crippen molar-refractivity contribution in [2.24, 2.45) is 11.5 Å². The Morgan fingerprint density at radius 2 is 1.82 bits per heavy atom. The maximum absolute atomic E-state index is 10.5. The molecule has 0 spiro atoms. The van der Waals surface area contributed by atoms with E-state index in [4.69, 9.17) is 51.0 Å². The summed E-state index contributed by atoms with van der Waals surface area (Å²) in [6, 6.07) is 10.8. The summed E-state index contributed by atoms with van der Waals surface area (Å²) in [4.78, 5) is 11.4. The molecule has 0 heterocycles. The van der Waals surface area contributed by atoms with Crippen LogP contribution in [0.15, 0.2) is 41.3 Å². The molecule has 0 radical (unpaired) electrons. The number of nitrogens with one attached hydrogen (secondary N) is 2. The number of thiocarbonyl (C=S) groups is 1. The van der Waals surface area contributed by atoms with Crippen LogP contribution in [0.25, 0.3) is 0 Å². The van der Waals surface area contributed by atoms with Crippen LogP contribution < -0.4 is 26.2 Å². The second-order valence-corrected chi connectivity index (χ2v) is 8.18. The van der Waals surface area contributed by atoms with E-state index >= 15 is 0 Å². The summed E-state index contributed by atoms with van der Waals surface area (Å²) in [5.74, 6) is 0.379. The molecule has 0 aliphatic heterocycles. The van der Waals surface area contributed by atoms with Gasteiger partial charge in [-0.1, -0.05) is 23.2 Å². The number of rotatable bonds is 11. The summed E-state index contributed by atoms with van der Waals surface area (Å²) in [5, 5.41) is 13.0. The van der Waals surface area contributed by atoms with E-state index in [0.717, 1.165) is 23.3 Å². The minimum absolute atomic E-state index is 0.102. The number of aliphatic carboxylic acids is 1. The molecule has 2 rings (SSSR count). The lowest BCUT2D eigenvalue weighted by Crippen LogP contribution is -2.22. The quantitative estimate of drug-likeness (QED) is 0.156. The summed E-state index contributed by atoms with van der Waals surface area (Å²) in [7, 11) is 2.00. The van der Waals surface area contributed by atoms with Crippen LogP contribution in [0.5, 0.6) is 11.5 Å². The Kier molecular flexibility index (Phi) is 17.6. The number of nitrogens with two attached hydrogens (primary N) is 2. The van der Waals surface area contributed by atoms with Crippen molar-refractivity contribution < 1.29 is 19.0 Å². The van der Waals surface area contributed by atoms with Crippen LogP contribution in [0.3, 0.4) is 0 Å². The van der Waals surface area contributed by atoms with Crippen LogP contribution in [-0.2, 0) is 11.2 Å². The van der Waals surface area contributed by atoms with Gasteiger partial charge < -0.3 is 31.3 Å². The van der Waals surface area contributed by atoms with Crippen molar-refractivity contribution in [3.8, 4) is 11.5 Å². The molecule has 0 unspecified atom stereocenters. The van der Waals surface area contributed by atoms with Crippen LogP contribution in [0.2, 0.25) is 10.0 Å². The molecular formula is C21H29Cl2FN4O3S2. The predicted molar refractivity (Wildman–Crippen MR) is 139 cm³/mol. The van der Waals surface area contributed by atoms with E-state index in [1.54, 1.807) is 18.2 Å². The Labute approximate surface area is 213 Å². The summed E-state index contributed by atoms with van der Waals surface area (Å²) in [6.45, 7) is 1.14. The molecule has 0 aliphatic carbocycles. The van der Waals surface area contributed by atoms with Crippen molar-refractivity contribution in [1.82, 2.24) is 10.0 Å². The van der Waals surface area contributed by atoms with Gasteiger partial charge in [-0.15, -0.1) is 0 Å². The molecule has 0 aliphatic rings. The molecule has 0 amide bonds. The van der Waals surface area contributed by atoms with Gasteiger partial charge in [0.25, 0.3) is 0 Å². The zero-order valence-electron chi connectivity index (χ0n) is 18.4. The van der Waals surface area contributed by atoms with Crippen LogP contribution >= 0.6 is 47.4 Å². The molecule has 7 nitrogen and oxygen atoms in total. The Balaban J connectivity index is 0.00000242. The fourth-order valence-electron chi connectivity index (χ4n) is 2.42. The molecule has 0 saturated carbocycles. The first kappa shape index (κ1) is 31.2. The molecule has 0 atom stereocenters. The third-order valence-electron chi connectivity index (χ3n) is 3.73. The highest BCUT2D eigenvalue weighted by atomic mass is 35.5. The molecule has 2 aromatic carbocycles. The first-order chi connectivity index (χ1) is 15.8. The molecule has 0 aromatic heterocycles. The van der Waals surface area contributed by atoms with E-state index in [9.17, 15) is 9.18 Å². The van der Waals surface area contributed by atoms with Crippen molar-refractivity contribution in [3.05, 3.63) is 52.0 Å². The van der Waals surface area contributed by atoms with Gasteiger partial charge in [0.15, 0.2) is 5.11 Å². The molecule has 0 saturated heterocycles. The molecular weight excluding hydrogens is 510 g/mol. The fourth-order valence-corrected chi connectivity index (χ4v) is 3.56. The van der Waals surface area contributed by atoms with Gasteiger partial charge in [0.2, 0.25) is 0 Å². The van der Waals surface area contributed by atoms with Gasteiger partial charge in [0, 0.05) is 16.5 Å². The van der Waals surface area contributed by atoms with Crippen molar-refractivity contribution in [2.45, 2.75) is 24.2 Å². The standard InChI is InChI=1S/C19H21Cl2N3O3S2.CH3F.CH5N/c20-13-3-5-16(12(10-13)2-1-8-23-9-7-18(25)26)27-17-6-4-14(11-15(17)21)29-24-19(22)28;2*1-2/h3-6,10-11,23H,1-2,7-9H2,(H,25,26)(H3,22,24,28);1H3;2H2,1H3. The fraction of sp³-hybridized carbons (Fsp3) is 0.333. The highest BCUT2D eigenvalue weighted by molar-refractivity contribution is 7.99. The number of hydrogen-bond donors (Lipinski definition) is 5. The average Bonchev–Trinajstić information content (AvgIpc) is 2.80. The zero-order valence-corrected chi connectivity index (χ0v) is 21.5. The lowest BCUT2D eigenvalue weighted by Gasteiger charge is -2.14. The normalized spacial score (nSPS) is 9.64. The molecule has 33 heavy (non-hydrogen) atoms. The van der Waals surface area contributed by atoms with Gasteiger partial charge in [-0.25, -0.2) is 0 Å². The number of aryl methyl sites for hydroxylation is 1. The molecule has 12 heteroatoms. The van der Waals surface area contributed by atoms with Gasteiger partial charge in [0.05, 0.1) is 18.6 Å². The van der Waals surface area contributed by atoms with Crippen molar-refractivity contribution in [2.75, 3.05) is 27.3 Å². The molecule has 2 aromatic rings. The lowest BCUT2D eigenvalue weighted by atomic mass is 10.1. The van der Waals surface area contributed by atoms with E-state index in [2.05, 4.69) is 15.8 Å². The van der Waals surface area contributed by atoms with Gasteiger partial charge in [-0.05, 0) is 92.6 Å². The van der Waals surface area contributed by atoms with Crippen molar-refractivity contribution in [1.29, 1.82) is 0 Å². The third kappa shape index (κ3) is 13.5. The van der Waals surface area contributed by atoms with Gasteiger partial charge in [-0.3, -0.25) is 9.18 Å². The highest BCUT2D eigenvalue weighted by Crippen LogP contribution is 2.35. The summed E-state index contributed by atoms with van der Waals surface area (Å²) in [5.41, 5.74) is 10.9. The summed E-state index contributed by atoms with van der Waals surface area (Å²) >= 11 is 18.5. The van der Waals surface area contributed by atoms with Crippen LogP contribution in [-0.4, -0.2) is 43.5 Å². The third-order valence-corrected chi connectivity index (χ3v) is 5.30. The Morgan fingerprint density at radius 3 is 2.42 bits per heavy atom. The number of ether oxygens (including phenoxy) is 1. The van der Waals surface area contributed by atoms with E-state index in [-0.39, 0.29) is 11.5 Å². The maximum atomic E-state index is 10.5. The first-order valence-corrected chi connectivity index (χ1v) is 11.7. The highest BCUT2D eigenvalue weighted by Gasteiger charge is 2.10. The van der Waals surface area contributed by atoms with E-state index in [0.29, 0.717) is 41.8 Å². The maximum Gasteiger partial charge on any atom is 0.304 e. The topological polar surface area (TPSA) is 123 Å². The van der Waals surface area contributed by atoms with E-state index in [1.807, 2.05) is 18.2 Å². The first-order valence-electron chi connectivity index (χ1n) is 9.71. The summed E-state index contributed by atoms with van der Waals surface area (Å²) in [6.07, 6.45) is 1.63. The molecule has 0 bridgehead atoms. The average molecular weight is 540 g/mol. The van der Waals surface area contributed by atoms with Crippen LogP contribution in [0.1, 0.15) is 18.4 Å². The van der Waals surface area contributed by atoms with Crippen molar-refractivity contribution in [3.63, 3.8) is 0 Å². The second kappa shape index (κ2) is 18.6. The number of carbonyl (C=O) groups is 1. The Morgan fingerprint density at radius 1 is 1.15 bits per heavy atom. The molecule has 7 N–H and O–H groups in total. The smallest absolute Gasteiger partial charge is 0.304 e. The minimum atomic E-state index is -0.814. The number of hydrogen-bond acceptors (Lipinski definition) is 6. The van der Waals surface area contributed by atoms with Gasteiger partial charge in [-0.2, -0.15) is 0 Å².